The quantitative estimate of drug-likeness (QED) is 0.503. The largest absolute Gasteiger partial charge is 0.497 e. The van der Waals surface area contributed by atoms with Gasteiger partial charge in [-0.1, -0.05) is 23.8 Å². The topological polar surface area (TPSA) is 58.6 Å². The van der Waals surface area contributed by atoms with Gasteiger partial charge < -0.3 is 4.74 Å². The second-order valence-corrected chi connectivity index (χ2v) is 6.86. The van der Waals surface area contributed by atoms with Crippen LogP contribution in [0.15, 0.2) is 42.0 Å². The van der Waals surface area contributed by atoms with Gasteiger partial charge in [0.2, 0.25) is 0 Å². The van der Waals surface area contributed by atoms with Crippen molar-refractivity contribution in [1.82, 2.24) is 5.32 Å². The monoisotopic (exact) mass is 380 g/mol. The van der Waals surface area contributed by atoms with Crippen LogP contribution in [0, 0.1) is 20.8 Å². The lowest BCUT2D eigenvalue weighted by molar-refractivity contribution is -0.122. The standard InChI is InChI=1S/C21H20N2O3S/c1-12-5-8-18(14(3)9-12)23-20(25)17(19(24)22-21(23)27)11-15-6-7-16(26-4)10-13(15)2/h5-11H,1-4H3,(H,22,24,27)/b17-11+. The van der Waals surface area contributed by atoms with Gasteiger partial charge in [-0.25, -0.2) is 0 Å². The van der Waals surface area contributed by atoms with Gasteiger partial charge in [0.05, 0.1) is 12.8 Å². The van der Waals surface area contributed by atoms with Crippen LogP contribution in [0.25, 0.3) is 6.08 Å². The SMILES string of the molecule is COc1ccc(/C=C2\C(=O)NC(=S)N(c3ccc(C)cc3C)C2=O)c(C)c1. The van der Waals surface area contributed by atoms with Crippen molar-refractivity contribution in [2.45, 2.75) is 20.8 Å². The number of anilines is 1. The van der Waals surface area contributed by atoms with Crippen molar-refractivity contribution >= 4 is 40.9 Å². The Kier molecular flexibility index (Phi) is 5.10. The number of ether oxygens (including phenoxy) is 1. The first-order chi connectivity index (χ1) is 12.8. The van der Waals surface area contributed by atoms with Gasteiger partial charge in [0.1, 0.15) is 11.3 Å². The van der Waals surface area contributed by atoms with Crippen molar-refractivity contribution in [3.05, 3.63) is 64.2 Å². The lowest BCUT2D eigenvalue weighted by Crippen LogP contribution is -2.54. The Morgan fingerprint density at radius 2 is 1.78 bits per heavy atom. The molecule has 138 valence electrons. The van der Waals surface area contributed by atoms with Crippen molar-refractivity contribution in [1.29, 1.82) is 0 Å². The fourth-order valence-electron chi connectivity index (χ4n) is 3.03. The van der Waals surface area contributed by atoms with Gasteiger partial charge in [0.15, 0.2) is 5.11 Å². The molecule has 1 fully saturated rings. The summed E-state index contributed by atoms with van der Waals surface area (Å²) in [5.74, 6) is -0.223. The average Bonchev–Trinajstić information content (AvgIpc) is 2.61. The molecule has 0 unspecified atom stereocenters. The van der Waals surface area contributed by atoms with E-state index in [0.717, 1.165) is 22.3 Å². The first-order valence-corrected chi connectivity index (χ1v) is 8.86. The van der Waals surface area contributed by atoms with E-state index in [1.165, 1.54) is 4.90 Å². The third-order valence-electron chi connectivity index (χ3n) is 4.47. The molecule has 1 N–H and O–H groups in total. The number of methoxy groups -OCH3 is 1. The molecule has 27 heavy (non-hydrogen) atoms. The number of carbonyl (C=O) groups excluding carboxylic acids is 2. The zero-order valence-corrected chi connectivity index (χ0v) is 16.4. The number of thiocarbonyl (C=S) groups is 1. The molecule has 0 aliphatic carbocycles. The molecule has 2 amide bonds. The summed E-state index contributed by atoms with van der Waals surface area (Å²) in [6.45, 7) is 5.78. The Hall–Kier alpha value is -2.99. The molecule has 0 radical (unpaired) electrons. The fourth-order valence-corrected chi connectivity index (χ4v) is 3.30. The summed E-state index contributed by atoms with van der Waals surface area (Å²) >= 11 is 5.26. The van der Waals surface area contributed by atoms with E-state index in [2.05, 4.69) is 5.32 Å². The van der Waals surface area contributed by atoms with E-state index in [-0.39, 0.29) is 10.7 Å². The molecule has 2 aromatic rings. The minimum absolute atomic E-state index is 0.0387. The Labute approximate surface area is 163 Å². The van der Waals surface area contributed by atoms with E-state index in [4.69, 9.17) is 17.0 Å². The second kappa shape index (κ2) is 7.32. The molecular weight excluding hydrogens is 360 g/mol. The number of nitrogens with zero attached hydrogens (tertiary/aromatic N) is 1. The van der Waals surface area contributed by atoms with Crippen LogP contribution in [-0.2, 0) is 9.59 Å². The normalized spacial score (nSPS) is 15.9. The van der Waals surface area contributed by atoms with Crippen LogP contribution in [0.1, 0.15) is 22.3 Å². The van der Waals surface area contributed by atoms with Gasteiger partial charge in [-0.3, -0.25) is 19.8 Å². The van der Waals surface area contributed by atoms with Crippen molar-refractivity contribution < 1.29 is 14.3 Å². The molecule has 1 aliphatic heterocycles. The highest BCUT2D eigenvalue weighted by Crippen LogP contribution is 2.27. The van der Waals surface area contributed by atoms with Crippen molar-refractivity contribution in [2.75, 3.05) is 12.0 Å². The highest BCUT2D eigenvalue weighted by atomic mass is 32.1. The van der Waals surface area contributed by atoms with Gasteiger partial charge in [0, 0.05) is 0 Å². The molecule has 2 aromatic carbocycles. The summed E-state index contributed by atoms with van der Waals surface area (Å²) < 4.78 is 5.20. The summed E-state index contributed by atoms with van der Waals surface area (Å²) in [6.07, 6.45) is 1.59. The third-order valence-corrected chi connectivity index (χ3v) is 4.76. The van der Waals surface area contributed by atoms with Crippen LogP contribution in [0.5, 0.6) is 5.75 Å². The van der Waals surface area contributed by atoms with Crippen LogP contribution in [0.2, 0.25) is 0 Å². The van der Waals surface area contributed by atoms with Crippen LogP contribution in [0.3, 0.4) is 0 Å². The number of rotatable bonds is 3. The molecule has 0 atom stereocenters. The first kappa shape index (κ1) is 18.8. The number of carbonyl (C=O) groups is 2. The van der Waals surface area contributed by atoms with E-state index in [9.17, 15) is 9.59 Å². The van der Waals surface area contributed by atoms with Crippen molar-refractivity contribution in [3.63, 3.8) is 0 Å². The molecule has 3 rings (SSSR count). The predicted octanol–water partition coefficient (Wildman–Crippen LogP) is 3.45. The predicted molar refractivity (Wildman–Crippen MR) is 110 cm³/mol. The fraction of sp³-hybridized carbons (Fsp3) is 0.190. The summed E-state index contributed by atoms with van der Waals surface area (Å²) in [5.41, 5.74) is 4.35. The van der Waals surface area contributed by atoms with Crippen molar-refractivity contribution in [3.8, 4) is 5.75 Å². The highest BCUT2D eigenvalue weighted by molar-refractivity contribution is 7.80. The summed E-state index contributed by atoms with van der Waals surface area (Å²) in [6, 6.07) is 11.2. The maximum Gasteiger partial charge on any atom is 0.270 e. The van der Waals surface area contributed by atoms with E-state index in [1.807, 2.05) is 51.1 Å². The zero-order chi connectivity index (χ0) is 19.7. The van der Waals surface area contributed by atoms with Gasteiger partial charge in [0.25, 0.3) is 11.8 Å². The van der Waals surface area contributed by atoms with E-state index in [1.54, 1.807) is 19.3 Å². The van der Waals surface area contributed by atoms with Gasteiger partial charge in [-0.05, 0) is 74.0 Å². The highest BCUT2D eigenvalue weighted by Gasteiger charge is 2.35. The lowest BCUT2D eigenvalue weighted by Gasteiger charge is -2.30. The first-order valence-electron chi connectivity index (χ1n) is 8.45. The molecular formula is C21H20N2O3S. The second-order valence-electron chi connectivity index (χ2n) is 6.47. The minimum Gasteiger partial charge on any atom is -0.497 e. The molecule has 1 saturated heterocycles. The Morgan fingerprint density at radius 3 is 2.41 bits per heavy atom. The molecule has 6 heteroatoms. The van der Waals surface area contributed by atoms with E-state index in [0.29, 0.717) is 11.4 Å². The number of hydrogen-bond donors (Lipinski definition) is 1. The smallest absolute Gasteiger partial charge is 0.270 e. The number of hydrogen-bond acceptors (Lipinski definition) is 4. The molecule has 5 nitrogen and oxygen atoms in total. The Bertz CT molecular complexity index is 995. The van der Waals surface area contributed by atoms with Crippen LogP contribution < -0.4 is 15.0 Å². The zero-order valence-electron chi connectivity index (χ0n) is 15.6. The van der Waals surface area contributed by atoms with Gasteiger partial charge >= 0.3 is 0 Å². The molecule has 1 heterocycles. The number of amides is 2. The maximum atomic E-state index is 13.1. The third kappa shape index (κ3) is 3.61. The average molecular weight is 380 g/mol. The lowest BCUT2D eigenvalue weighted by atomic mass is 10.0. The van der Waals surface area contributed by atoms with Gasteiger partial charge in [-0.15, -0.1) is 0 Å². The maximum absolute atomic E-state index is 13.1. The van der Waals surface area contributed by atoms with Crippen LogP contribution >= 0.6 is 12.2 Å². The summed E-state index contributed by atoms with van der Waals surface area (Å²) in [7, 11) is 1.59. The number of benzene rings is 2. The van der Waals surface area contributed by atoms with E-state index < -0.39 is 11.8 Å². The van der Waals surface area contributed by atoms with Gasteiger partial charge in [-0.2, -0.15) is 0 Å². The molecule has 0 spiro atoms. The number of nitrogens with one attached hydrogen (secondary N) is 1. The Morgan fingerprint density at radius 1 is 1.04 bits per heavy atom. The molecule has 0 bridgehead atoms. The van der Waals surface area contributed by atoms with Crippen LogP contribution in [0.4, 0.5) is 5.69 Å². The summed E-state index contributed by atoms with van der Waals surface area (Å²) in [5, 5.41) is 2.70. The minimum atomic E-state index is -0.499. The molecule has 0 saturated carbocycles. The van der Waals surface area contributed by atoms with Crippen LogP contribution in [-0.4, -0.2) is 24.0 Å². The number of aryl methyl sites for hydroxylation is 3. The Balaban J connectivity index is 2.05. The van der Waals surface area contributed by atoms with E-state index >= 15 is 0 Å². The molecule has 1 aliphatic rings. The summed E-state index contributed by atoms with van der Waals surface area (Å²) in [4.78, 5) is 26.9. The van der Waals surface area contributed by atoms with Crippen molar-refractivity contribution in [2.24, 2.45) is 0 Å². The molecule has 0 aromatic heterocycles.